The zero-order valence-electron chi connectivity index (χ0n) is 7.42. The van der Waals surface area contributed by atoms with Crippen molar-refractivity contribution in [3.8, 4) is 0 Å². The molecule has 0 spiro atoms. The van der Waals surface area contributed by atoms with Crippen LogP contribution < -0.4 is 55.9 Å². The summed E-state index contributed by atoms with van der Waals surface area (Å²) in [6.07, 6.45) is 0. The number of halogens is 4. The van der Waals surface area contributed by atoms with Crippen molar-refractivity contribution in [1.82, 2.24) is 0 Å². The Bertz CT molecular complexity index is 67.1. The minimum atomic E-state index is -2.85. The monoisotopic (exact) mass is 459 g/mol. The van der Waals surface area contributed by atoms with E-state index in [2.05, 4.69) is 0 Å². The molecule has 0 atom stereocenters. The summed E-state index contributed by atoms with van der Waals surface area (Å²) in [5.74, 6) is 0. The molecule has 1 radical (unpaired) electrons. The van der Waals surface area contributed by atoms with E-state index in [-0.39, 0.29) is 36.5 Å². The van der Waals surface area contributed by atoms with Gasteiger partial charge in [0.05, 0.1) is 43.1 Å². The van der Waals surface area contributed by atoms with Gasteiger partial charge >= 0.3 is 36.5 Å². The summed E-state index contributed by atoms with van der Waals surface area (Å²) in [7, 11) is -11.4. The van der Waals surface area contributed by atoms with Gasteiger partial charge < -0.3 is 55.9 Å². The molecule has 113 valence electrons. The van der Waals surface area contributed by atoms with Crippen LogP contribution in [0.25, 0.3) is 0 Å². The van der Waals surface area contributed by atoms with Gasteiger partial charge in [0.25, 0.3) is 0 Å². The third-order valence-corrected chi connectivity index (χ3v) is 0. The molecule has 0 aromatic carbocycles. The fraction of sp³-hybridized carbons (Fsp3) is 0. The van der Waals surface area contributed by atoms with Crippen LogP contribution in [0.2, 0.25) is 0 Å². The van der Waals surface area contributed by atoms with Crippen LogP contribution in [0.1, 0.15) is 0 Å². The van der Waals surface area contributed by atoms with E-state index in [0.29, 0.717) is 0 Å². The second-order valence-electron chi connectivity index (χ2n) is 0.756. The number of hydrogen-bond donors (Lipinski definition) is 0. The predicted molar refractivity (Wildman–Crippen MR) is 0 cm³/mol. The molecule has 0 saturated heterocycles. The first-order valence-corrected chi connectivity index (χ1v) is 5.55. The van der Waals surface area contributed by atoms with Gasteiger partial charge in [-0.3, -0.25) is 0 Å². The molecule has 0 saturated carbocycles. The van der Waals surface area contributed by atoms with Crippen LogP contribution in [0.15, 0.2) is 0 Å². The normalized spacial score (nSPS) is 8.00. The topological polar surface area (TPSA) is 277 Å². The first-order valence-electron chi connectivity index (χ1n) is 1.85. The Labute approximate surface area is 135 Å². The van der Waals surface area contributed by atoms with Crippen molar-refractivity contribution in [2.45, 2.75) is 0 Å². The van der Waals surface area contributed by atoms with Crippen LogP contribution in [0, 0.1) is 43.1 Å². The molecule has 0 bridgehead atoms. The second-order valence-corrected chi connectivity index (χ2v) is 2.27. The van der Waals surface area contributed by atoms with Crippen molar-refractivity contribution >= 4 is 0 Å². The van der Waals surface area contributed by atoms with E-state index in [4.69, 9.17) is 55.9 Å². The predicted octanol–water partition coefficient (Wildman–Crippen LogP) is -14.3. The van der Waals surface area contributed by atoms with Gasteiger partial charge in [-0.2, -0.15) is 0 Å². The molecule has 0 rings (SSSR count). The third-order valence-electron chi connectivity index (χ3n) is 0. The summed E-state index contributed by atoms with van der Waals surface area (Å²) < 4.78 is 101. The molecule has 0 heterocycles. The summed E-state index contributed by atoms with van der Waals surface area (Å²) >= 11 is 0. The van der Waals surface area contributed by atoms with Crippen LogP contribution in [0.4, 0.5) is 0 Å². The maximum absolute atomic E-state index is 8.41. The van der Waals surface area contributed by atoms with E-state index in [1.54, 1.807) is 0 Å². The SMILES string of the molecule is [Cu+2].[O-][Cl+2]([O-])[O-].[O-][Cl+2]([O-])[O-].[O-][Cl+2]([O-])[O-].[O-][Cl+2]([O-])[O-].[Zn+2]. The van der Waals surface area contributed by atoms with Gasteiger partial charge in [-0.05, 0) is 0 Å². The maximum Gasteiger partial charge on any atom is 2.00 e. The van der Waals surface area contributed by atoms with Crippen LogP contribution in [-0.2, 0) is 36.5 Å². The molecule has 0 aromatic rings. The Hall–Kier alpha value is 1.82. The van der Waals surface area contributed by atoms with Crippen molar-refractivity contribution in [2.24, 2.45) is 0 Å². The summed E-state index contributed by atoms with van der Waals surface area (Å²) in [5, 5.41) is 0. The van der Waals surface area contributed by atoms with Gasteiger partial charge in [0.15, 0.2) is 0 Å². The van der Waals surface area contributed by atoms with E-state index in [1.165, 1.54) is 0 Å². The van der Waals surface area contributed by atoms with Gasteiger partial charge in [-0.15, -0.1) is 0 Å². The second kappa shape index (κ2) is 31.3. The molecular weight excluding hydrogens is 463 g/mol. The van der Waals surface area contributed by atoms with E-state index < -0.39 is 43.1 Å². The Kier molecular flexibility index (Phi) is 63.9. The van der Waals surface area contributed by atoms with Crippen LogP contribution in [-0.4, -0.2) is 0 Å². The van der Waals surface area contributed by atoms with Crippen molar-refractivity contribution in [3.05, 3.63) is 0 Å². The molecule has 0 amide bonds. The molecule has 18 heavy (non-hydrogen) atoms. The molecule has 0 unspecified atom stereocenters. The van der Waals surface area contributed by atoms with E-state index in [1.807, 2.05) is 0 Å². The van der Waals surface area contributed by atoms with Gasteiger partial charge in [0.2, 0.25) is 0 Å². The summed E-state index contributed by atoms with van der Waals surface area (Å²) in [6, 6.07) is 0. The molecule has 0 aliphatic heterocycles. The molecule has 0 aliphatic carbocycles. The zero-order chi connectivity index (χ0) is 14.3. The van der Waals surface area contributed by atoms with Gasteiger partial charge in [0, 0.05) is 0 Å². The summed E-state index contributed by atoms with van der Waals surface area (Å²) in [5.41, 5.74) is 0. The van der Waals surface area contributed by atoms with E-state index >= 15 is 0 Å². The van der Waals surface area contributed by atoms with Gasteiger partial charge in [-0.1, -0.05) is 0 Å². The molecule has 0 fully saturated rings. The zero-order valence-corrected chi connectivity index (χ0v) is 14.4. The summed E-state index contributed by atoms with van der Waals surface area (Å²) in [4.78, 5) is 0. The minimum absolute atomic E-state index is 0. The van der Waals surface area contributed by atoms with Crippen molar-refractivity contribution in [2.75, 3.05) is 0 Å². The molecule has 12 nitrogen and oxygen atoms in total. The van der Waals surface area contributed by atoms with Crippen LogP contribution in [0.3, 0.4) is 0 Å². The quantitative estimate of drug-likeness (QED) is 0.303. The Morgan fingerprint density at radius 2 is 0.333 bits per heavy atom. The first-order chi connectivity index (χ1) is 6.93. The molecule has 0 N–H and O–H groups in total. The summed E-state index contributed by atoms with van der Waals surface area (Å²) in [6.45, 7) is 0. The molecular formula is Cl4CuO12Zn. The molecule has 18 heteroatoms. The fourth-order valence-electron chi connectivity index (χ4n) is 0. The fourth-order valence-corrected chi connectivity index (χ4v) is 0. The van der Waals surface area contributed by atoms with Crippen molar-refractivity contribution in [1.29, 1.82) is 0 Å². The minimum Gasteiger partial charge on any atom is -0.357 e. The molecule has 0 aromatic heterocycles. The van der Waals surface area contributed by atoms with Gasteiger partial charge in [-0.25, -0.2) is 0 Å². The van der Waals surface area contributed by atoms with Crippen molar-refractivity contribution in [3.63, 3.8) is 0 Å². The van der Waals surface area contributed by atoms with E-state index in [9.17, 15) is 0 Å². The average Bonchev–Trinajstić information content (AvgIpc) is 1.76. The van der Waals surface area contributed by atoms with Crippen molar-refractivity contribution < 1.29 is 136 Å². The number of hydrogen-bond acceptors (Lipinski definition) is 12. The Balaban J connectivity index is -0.0000000257. The standard InChI is InChI=1S/4ClO3.Cu.Zn/c4*2-1(3)4;;/q4*-1;2*+2. The average molecular weight is 463 g/mol. The smallest absolute Gasteiger partial charge is 0.357 e. The molecule has 0 aliphatic rings. The Morgan fingerprint density at radius 1 is 0.333 bits per heavy atom. The van der Waals surface area contributed by atoms with Gasteiger partial charge in [0.1, 0.15) is 0 Å². The Morgan fingerprint density at radius 3 is 0.333 bits per heavy atom. The number of rotatable bonds is 0. The maximum atomic E-state index is 8.41. The van der Waals surface area contributed by atoms with Crippen LogP contribution >= 0.6 is 0 Å². The first kappa shape index (κ1) is 36.8. The van der Waals surface area contributed by atoms with E-state index in [0.717, 1.165) is 0 Å². The van der Waals surface area contributed by atoms with Crippen LogP contribution in [0.5, 0.6) is 0 Å². The third kappa shape index (κ3) is 1520. The largest absolute Gasteiger partial charge is 2.00 e.